The van der Waals surface area contributed by atoms with Crippen molar-refractivity contribution in [3.05, 3.63) is 69.4 Å². The summed E-state index contributed by atoms with van der Waals surface area (Å²) in [5.74, 6) is 0.809. The van der Waals surface area contributed by atoms with Gasteiger partial charge in [0.25, 0.3) is 5.56 Å². The van der Waals surface area contributed by atoms with E-state index in [0.717, 1.165) is 41.7 Å². The Labute approximate surface area is 181 Å². The standard InChI is InChI=1S/C23H27N3O3S/c1-15-9-16(2)21-17(10-15)11-18(22(27)25-21)13-26(14-20-6-4-8-29-20)23(30)24-12-19-5-3-7-28-19/h3,5,7,9-11,20H,4,6,8,12-14H2,1-2H3,(H,24,30)(H,25,27)/t20-/m0/s1. The molecule has 1 aliphatic heterocycles. The number of benzene rings is 1. The number of nitrogens with one attached hydrogen (secondary N) is 2. The molecule has 2 N–H and O–H groups in total. The zero-order chi connectivity index (χ0) is 21.1. The molecule has 1 aliphatic rings. The predicted octanol–water partition coefficient (Wildman–Crippen LogP) is 3.79. The lowest BCUT2D eigenvalue weighted by molar-refractivity contribution is 0.0896. The van der Waals surface area contributed by atoms with Crippen LogP contribution in [0.15, 0.2) is 45.8 Å². The maximum Gasteiger partial charge on any atom is 0.253 e. The molecule has 0 bridgehead atoms. The topological polar surface area (TPSA) is 70.5 Å². The van der Waals surface area contributed by atoms with Crippen molar-refractivity contribution >= 4 is 28.2 Å². The number of fused-ring (bicyclic) bond motifs is 1. The number of aromatic amines is 1. The van der Waals surface area contributed by atoms with Gasteiger partial charge in [-0.05, 0) is 74.1 Å². The summed E-state index contributed by atoms with van der Waals surface area (Å²) in [4.78, 5) is 17.9. The Balaban J connectivity index is 1.57. The number of hydrogen-bond donors (Lipinski definition) is 2. The molecule has 6 nitrogen and oxygen atoms in total. The summed E-state index contributed by atoms with van der Waals surface area (Å²) in [6, 6.07) is 9.91. The number of H-pyrrole nitrogens is 1. The SMILES string of the molecule is Cc1cc(C)c2[nH]c(=O)c(CN(C[C@@H]3CCCO3)C(=S)NCc3ccco3)cc2c1. The van der Waals surface area contributed by atoms with Crippen molar-refractivity contribution in [1.82, 2.24) is 15.2 Å². The number of ether oxygens (including phenoxy) is 1. The van der Waals surface area contributed by atoms with Crippen molar-refractivity contribution in [2.24, 2.45) is 0 Å². The molecule has 0 aliphatic carbocycles. The number of aryl methyl sites for hydroxylation is 2. The van der Waals surface area contributed by atoms with Crippen molar-refractivity contribution in [1.29, 1.82) is 0 Å². The Hall–Kier alpha value is -2.64. The van der Waals surface area contributed by atoms with Crippen LogP contribution in [0.5, 0.6) is 0 Å². The molecular formula is C23H27N3O3S. The summed E-state index contributed by atoms with van der Waals surface area (Å²) in [5.41, 5.74) is 3.73. The van der Waals surface area contributed by atoms with Crippen LogP contribution in [0.2, 0.25) is 0 Å². The van der Waals surface area contributed by atoms with E-state index >= 15 is 0 Å². The van der Waals surface area contributed by atoms with Gasteiger partial charge in [0.1, 0.15) is 5.76 Å². The van der Waals surface area contributed by atoms with Gasteiger partial charge >= 0.3 is 0 Å². The smallest absolute Gasteiger partial charge is 0.253 e. The number of furan rings is 1. The molecular weight excluding hydrogens is 398 g/mol. The molecule has 2 aromatic heterocycles. The lowest BCUT2D eigenvalue weighted by atomic mass is 10.1. The highest BCUT2D eigenvalue weighted by Crippen LogP contribution is 2.20. The molecule has 30 heavy (non-hydrogen) atoms. The largest absolute Gasteiger partial charge is 0.467 e. The molecule has 1 atom stereocenters. The van der Waals surface area contributed by atoms with Crippen LogP contribution < -0.4 is 10.9 Å². The molecule has 3 aromatic rings. The van der Waals surface area contributed by atoms with E-state index in [0.29, 0.717) is 30.3 Å². The van der Waals surface area contributed by atoms with Crippen LogP contribution >= 0.6 is 12.2 Å². The Kier molecular flexibility index (Phi) is 6.20. The Morgan fingerprint density at radius 2 is 2.20 bits per heavy atom. The van der Waals surface area contributed by atoms with E-state index in [1.54, 1.807) is 6.26 Å². The summed E-state index contributed by atoms with van der Waals surface area (Å²) in [6.07, 6.45) is 3.82. The number of aromatic nitrogens is 1. The number of rotatable bonds is 6. The summed E-state index contributed by atoms with van der Waals surface area (Å²) in [7, 11) is 0. The highest BCUT2D eigenvalue weighted by molar-refractivity contribution is 7.80. The van der Waals surface area contributed by atoms with Crippen molar-refractivity contribution in [2.45, 2.75) is 45.9 Å². The third-order valence-electron chi connectivity index (χ3n) is 5.46. The lowest BCUT2D eigenvalue weighted by Crippen LogP contribution is -2.43. The molecule has 0 radical (unpaired) electrons. The van der Waals surface area contributed by atoms with Crippen molar-refractivity contribution < 1.29 is 9.15 Å². The average Bonchev–Trinajstić information content (AvgIpc) is 3.41. The van der Waals surface area contributed by atoms with Gasteiger partial charge in [-0.2, -0.15) is 0 Å². The van der Waals surface area contributed by atoms with Crippen LogP contribution in [-0.2, 0) is 17.8 Å². The molecule has 4 rings (SSSR count). The second-order valence-corrected chi connectivity index (χ2v) is 8.31. The fourth-order valence-corrected chi connectivity index (χ4v) is 4.21. The first-order chi connectivity index (χ1) is 14.5. The minimum atomic E-state index is -0.0828. The van der Waals surface area contributed by atoms with Gasteiger partial charge < -0.3 is 24.4 Å². The predicted molar refractivity (Wildman–Crippen MR) is 122 cm³/mol. The van der Waals surface area contributed by atoms with Gasteiger partial charge in [-0.25, -0.2) is 0 Å². The molecule has 7 heteroatoms. The first kappa shape index (κ1) is 20.6. The minimum Gasteiger partial charge on any atom is -0.467 e. The van der Waals surface area contributed by atoms with Gasteiger partial charge in [-0.1, -0.05) is 11.6 Å². The normalized spacial score (nSPS) is 16.1. The van der Waals surface area contributed by atoms with E-state index in [1.165, 1.54) is 5.56 Å². The monoisotopic (exact) mass is 425 g/mol. The number of thiocarbonyl (C=S) groups is 1. The lowest BCUT2D eigenvalue weighted by Gasteiger charge is -2.28. The van der Waals surface area contributed by atoms with Crippen molar-refractivity contribution in [3.63, 3.8) is 0 Å². The van der Waals surface area contributed by atoms with Gasteiger partial charge in [0.05, 0.1) is 31.0 Å². The zero-order valence-corrected chi connectivity index (χ0v) is 18.2. The fourth-order valence-electron chi connectivity index (χ4n) is 4.00. The third kappa shape index (κ3) is 4.74. The van der Waals surface area contributed by atoms with Gasteiger partial charge in [0.15, 0.2) is 5.11 Å². The van der Waals surface area contributed by atoms with Gasteiger partial charge in [0.2, 0.25) is 0 Å². The number of nitrogens with zero attached hydrogens (tertiary/aromatic N) is 1. The van der Waals surface area contributed by atoms with Crippen LogP contribution in [0.4, 0.5) is 0 Å². The Bertz CT molecular complexity index is 1090. The van der Waals surface area contributed by atoms with E-state index in [-0.39, 0.29) is 11.7 Å². The van der Waals surface area contributed by atoms with E-state index in [9.17, 15) is 4.79 Å². The summed E-state index contributed by atoms with van der Waals surface area (Å²) in [5, 5.41) is 4.87. The molecule has 0 saturated carbocycles. The quantitative estimate of drug-likeness (QED) is 0.586. The van der Waals surface area contributed by atoms with E-state index < -0.39 is 0 Å². The average molecular weight is 426 g/mol. The number of hydrogen-bond acceptors (Lipinski definition) is 4. The minimum absolute atomic E-state index is 0.0828. The molecule has 3 heterocycles. The number of pyridine rings is 1. The summed E-state index contributed by atoms with van der Waals surface area (Å²) in [6.45, 7) is 6.42. The fraction of sp³-hybridized carbons (Fsp3) is 0.391. The molecule has 1 saturated heterocycles. The third-order valence-corrected chi connectivity index (χ3v) is 5.86. The van der Waals surface area contributed by atoms with Gasteiger partial charge in [0, 0.05) is 18.7 Å². The molecule has 0 unspecified atom stereocenters. The van der Waals surface area contributed by atoms with Crippen molar-refractivity contribution in [3.8, 4) is 0 Å². The molecule has 158 valence electrons. The first-order valence-electron chi connectivity index (χ1n) is 10.3. The van der Waals surface area contributed by atoms with Crippen LogP contribution in [-0.4, -0.2) is 34.3 Å². The maximum atomic E-state index is 12.8. The van der Waals surface area contributed by atoms with E-state index in [4.69, 9.17) is 21.4 Å². The second-order valence-electron chi connectivity index (χ2n) is 7.92. The van der Waals surface area contributed by atoms with Crippen LogP contribution in [0, 0.1) is 13.8 Å². The van der Waals surface area contributed by atoms with Crippen LogP contribution in [0.1, 0.15) is 35.3 Å². The second kappa shape index (κ2) is 9.02. The highest BCUT2D eigenvalue weighted by Gasteiger charge is 2.22. The molecule has 1 fully saturated rings. The van der Waals surface area contributed by atoms with E-state index in [1.807, 2.05) is 30.0 Å². The summed E-state index contributed by atoms with van der Waals surface area (Å²) >= 11 is 5.67. The molecule has 1 aromatic carbocycles. The van der Waals surface area contributed by atoms with Crippen molar-refractivity contribution in [2.75, 3.05) is 13.2 Å². The van der Waals surface area contributed by atoms with Gasteiger partial charge in [-0.15, -0.1) is 0 Å². The van der Waals surface area contributed by atoms with E-state index in [2.05, 4.69) is 29.4 Å². The first-order valence-corrected chi connectivity index (χ1v) is 10.7. The Morgan fingerprint density at radius 3 is 2.93 bits per heavy atom. The summed E-state index contributed by atoms with van der Waals surface area (Å²) < 4.78 is 11.2. The van der Waals surface area contributed by atoms with Crippen LogP contribution in [0.25, 0.3) is 10.9 Å². The Morgan fingerprint density at radius 1 is 1.33 bits per heavy atom. The van der Waals surface area contributed by atoms with Crippen LogP contribution in [0.3, 0.4) is 0 Å². The molecule has 0 amide bonds. The molecule has 0 spiro atoms. The highest BCUT2D eigenvalue weighted by atomic mass is 32.1. The maximum absolute atomic E-state index is 12.8. The van der Waals surface area contributed by atoms with Gasteiger partial charge in [-0.3, -0.25) is 4.79 Å². The zero-order valence-electron chi connectivity index (χ0n) is 17.4.